The highest BCUT2D eigenvalue weighted by Gasteiger charge is 2.38. The lowest BCUT2D eigenvalue weighted by Crippen LogP contribution is -2.44. The molecule has 1 atom stereocenters. The van der Waals surface area contributed by atoms with Gasteiger partial charge in [-0.25, -0.2) is 0 Å². The topological polar surface area (TPSA) is 30.5 Å². The highest BCUT2D eigenvalue weighted by atomic mass is 16.5. The fraction of sp³-hybridized carbons (Fsp3) is 1.00. The lowest BCUT2D eigenvalue weighted by molar-refractivity contribution is -0.129. The number of rotatable bonds is 7. The Balaban J connectivity index is 1.37. The zero-order valence-corrected chi connectivity index (χ0v) is 10.7. The Morgan fingerprint density at radius 2 is 2.06 bits per heavy atom. The maximum atomic E-state index is 6.19. The standard InChI is InChI=1S/C14H25NO2/c1-3-13(16-10-1)11-17-14(6-2-7-14)8-9-15-12-4-5-12/h12-13,15H,1-11H2. The molecule has 3 aliphatic rings. The lowest BCUT2D eigenvalue weighted by Gasteiger charge is -2.42. The van der Waals surface area contributed by atoms with Crippen LogP contribution in [0.15, 0.2) is 0 Å². The molecule has 2 saturated carbocycles. The van der Waals surface area contributed by atoms with Crippen molar-refractivity contribution in [2.24, 2.45) is 0 Å². The summed E-state index contributed by atoms with van der Waals surface area (Å²) in [6, 6.07) is 0.824. The summed E-state index contributed by atoms with van der Waals surface area (Å²) < 4.78 is 11.8. The van der Waals surface area contributed by atoms with Crippen LogP contribution in [0.2, 0.25) is 0 Å². The van der Waals surface area contributed by atoms with Crippen LogP contribution in [0.5, 0.6) is 0 Å². The average Bonchev–Trinajstić information content (AvgIpc) is 2.95. The molecular formula is C14H25NO2. The van der Waals surface area contributed by atoms with Gasteiger partial charge in [-0.15, -0.1) is 0 Å². The smallest absolute Gasteiger partial charge is 0.0809 e. The summed E-state index contributed by atoms with van der Waals surface area (Å²) in [6.07, 6.45) is 10.6. The summed E-state index contributed by atoms with van der Waals surface area (Å²) in [5, 5.41) is 3.60. The van der Waals surface area contributed by atoms with E-state index in [0.717, 1.165) is 25.8 Å². The van der Waals surface area contributed by atoms with Gasteiger partial charge in [0.2, 0.25) is 0 Å². The molecule has 0 aromatic heterocycles. The molecule has 1 N–H and O–H groups in total. The molecule has 3 heteroatoms. The molecule has 0 radical (unpaired) electrons. The summed E-state index contributed by atoms with van der Waals surface area (Å²) >= 11 is 0. The van der Waals surface area contributed by atoms with E-state index in [0.29, 0.717) is 6.10 Å². The second-order valence-electron chi connectivity index (χ2n) is 5.96. The van der Waals surface area contributed by atoms with Crippen molar-refractivity contribution < 1.29 is 9.47 Å². The van der Waals surface area contributed by atoms with E-state index in [9.17, 15) is 0 Å². The third-order valence-corrected chi connectivity index (χ3v) is 4.46. The maximum Gasteiger partial charge on any atom is 0.0809 e. The van der Waals surface area contributed by atoms with Gasteiger partial charge in [0.15, 0.2) is 0 Å². The van der Waals surface area contributed by atoms with Crippen LogP contribution in [-0.2, 0) is 9.47 Å². The van der Waals surface area contributed by atoms with E-state index >= 15 is 0 Å². The Morgan fingerprint density at radius 1 is 1.18 bits per heavy atom. The highest BCUT2D eigenvalue weighted by Crippen LogP contribution is 2.39. The molecule has 98 valence electrons. The number of nitrogens with one attached hydrogen (secondary N) is 1. The molecule has 17 heavy (non-hydrogen) atoms. The Kier molecular flexibility index (Phi) is 3.69. The monoisotopic (exact) mass is 239 g/mol. The Morgan fingerprint density at radius 3 is 2.65 bits per heavy atom. The van der Waals surface area contributed by atoms with Gasteiger partial charge in [0.1, 0.15) is 0 Å². The van der Waals surface area contributed by atoms with Crippen molar-refractivity contribution in [2.45, 2.75) is 69.1 Å². The minimum Gasteiger partial charge on any atom is -0.376 e. The maximum absolute atomic E-state index is 6.19. The molecule has 1 aliphatic heterocycles. The summed E-state index contributed by atoms with van der Waals surface area (Å²) in [7, 11) is 0. The van der Waals surface area contributed by atoms with Gasteiger partial charge in [-0.2, -0.15) is 0 Å². The first-order valence-corrected chi connectivity index (χ1v) is 7.35. The molecule has 0 aromatic rings. The van der Waals surface area contributed by atoms with E-state index in [1.54, 1.807) is 0 Å². The van der Waals surface area contributed by atoms with Crippen molar-refractivity contribution in [1.29, 1.82) is 0 Å². The molecule has 2 aliphatic carbocycles. The van der Waals surface area contributed by atoms with E-state index in [1.165, 1.54) is 51.4 Å². The molecular weight excluding hydrogens is 214 g/mol. The van der Waals surface area contributed by atoms with Crippen molar-refractivity contribution in [3.05, 3.63) is 0 Å². The van der Waals surface area contributed by atoms with Crippen LogP contribution in [0.4, 0.5) is 0 Å². The van der Waals surface area contributed by atoms with E-state index in [-0.39, 0.29) is 5.60 Å². The summed E-state index contributed by atoms with van der Waals surface area (Å²) in [5.41, 5.74) is 0.202. The number of hydrogen-bond donors (Lipinski definition) is 1. The van der Waals surface area contributed by atoms with Gasteiger partial charge in [-0.05, 0) is 57.9 Å². The zero-order valence-electron chi connectivity index (χ0n) is 10.7. The zero-order chi connectivity index (χ0) is 11.6. The predicted octanol–water partition coefficient (Wildman–Crippen LogP) is 2.25. The fourth-order valence-electron chi connectivity index (χ4n) is 2.87. The Bertz CT molecular complexity index is 243. The minimum absolute atomic E-state index is 0.202. The molecule has 3 nitrogen and oxygen atoms in total. The SMILES string of the molecule is C1COC(COC2(CCNC3CC3)CCC2)C1. The van der Waals surface area contributed by atoms with Crippen molar-refractivity contribution >= 4 is 0 Å². The molecule has 0 amide bonds. The minimum atomic E-state index is 0.202. The normalized spacial score (nSPS) is 31.4. The molecule has 0 bridgehead atoms. The van der Waals surface area contributed by atoms with Crippen LogP contribution in [-0.4, -0.2) is 37.5 Å². The predicted molar refractivity (Wildman–Crippen MR) is 67.1 cm³/mol. The van der Waals surface area contributed by atoms with Crippen LogP contribution in [0.1, 0.15) is 51.4 Å². The van der Waals surface area contributed by atoms with Crippen molar-refractivity contribution in [1.82, 2.24) is 5.32 Å². The third kappa shape index (κ3) is 3.21. The number of hydrogen-bond acceptors (Lipinski definition) is 3. The fourth-order valence-corrected chi connectivity index (χ4v) is 2.87. The van der Waals surface area contributed by atoms with Crippen LogP contribution in [0.3, 0.4) is 0 Å². The van der Waals surface area contributed by atoms with Crippen LogP contribution >= 0.6 is 0 Å². The lowest BCUT2D eigenvalue weighted by atomic mass is 9.77. The Hall–Kier alpha value is -0.120. The van der Waals surface area contributed by atoms with Crippen molar-refractivity contribution in [3.8, 4) is 0 Å². The summed E-state index contributed by atoms with van der Waals surface area (Å²) in [6.45, 7) is 2.89. The van der Waals surface area contributed by atoms with Crippen LogP contribution in [0, 0.1) is 0 Å². The molecule has 3 rings (SSSR count). The van der Waals surface area contributed by atoms with E-state index < -0.39 is 0 Å². The van der Waals surface area contributed by atoms with Gasteiger partial charge >= 0.3 is 0 Å². The van der Waals surface area contributed by atoms with Gasteiger partial charge < -0.3 is 14.8 Å². The average molecular weight is 239 g/mol. The first kappa shape index (κ1) is 11.9. The molecule has 3 fully saturated rings. The highest BCUT2D eigenvalue weighted by molar-refractivity contribution is 4.92. The summed E-state index contributed by atoms with van der Waals surface area (Å²) in [4.78, 5) is 0. The Labute approximate surface area is 104 Å². The van der Waals surface area contributed by atoms with E-state index in [2.05, 4.69) is 5.32 Å². The van der Waals surface area contributed by atoms with Gasteiger partial charge in [0.05, 0.1) is 18.3 Å². The van der Waals surface area contributed by atoms with Crippen molar-refractivity contribution in [2.75, 3.05) is 19.8 Å². The van der Waals surface area contributed by atoms with E-state index in [4.69, 9.17) is 9.47 Å². The molecule has 1 heterocycles. The number of ether oxygens (including phenoxy) is 2. The second kappa shape index (κ2) is 5.25. The first-order valence-electron chi connectivity index (χ1n) is 7.35. The first-order chi connectivity index (χ1) is 8.36. The molecule has 0 aromatic carbocycles. The molecule has 1 saturated heterocycles. The van der Waals surface area contributed by atoms with Gasteiger partial charge in [0.25, 0.3) is 0 Å². The van der Waals surface area contributed by atoms with Crippen molar-refractivity contribution in [3.63, 3.8) is 0 Å². The second-order valence-corrected chi connectivity index (χ2v) is 5.96. The quantitative estimate of drug-likeness (QED) is 0.739. The molecule has 1 unspecified atom stereocenters. The van der Waals surface area contributed by atoms with Crippen LogP contribution < -0.4 is 5.32 Å². The third-order valence-electron chi connectivity index (χ3n) is 4.46. The summed E-state index contributed by atoms with van der Waals surface area (Å²) in [5.74, 6) is 0. The van der Waals surface area contributed by atoms with Crippen LogP contribution in [0.25, 0.3) is 0 Å². The van der Waals surface area contributed by atoms with Gasteiger partial charge in [-0.1, -0.05) is 0 Å². The largest absolute Gasteiger partial charge is 0.376 e. The van der Waals surface area contributed by atoms with Gasteiger partial charge in [0, 0.05) is 12.6 Å². The van der Waals surface area contributed by atoms with Gasteiger partial charge in [-0.3, -0.25) is 0 Å². The van der Waals surface area contributed by atoms with E-state index in [1.807, 2.05) is 0 Å². The molecule has 0 spiro atoms.